The van der Waals surface area contributed by atoms with Gasteiger partial charge in [0.05, 0.1) is 25.9 Å². The number of hydrogen-bond acceptors (Lipinski definition) is 5. The Hall–Kier alpha value is -0.200. The summed E-state index contributed by atoms with van der Waals surface area (Å²) in [5, 5.41) is 13.0. The van der Waals surface area contributed by atoms with Crippen LogP contribution < -0.4 is 5.32 Å². The normalized spacial score (nSPS) is 18.7. The molecule has 1 unspecified atom stereocenters. The van der Waals surface area contributed by atoms with Crippen molar-refractivity contribution in [2.45, 2.75) is 18.9 Å². The Labute approximate surface area is 104 Å². The third-order valence-corrected chi connectivity index (χ3v) is 2.90. The average molecular weight is 246 g/mol. The summed E-state index contributed by atoms with van der Waals surface area (Å²) in [4.78, 5) is 2.32. The highest BCUT2D eigenvalue weighted by Gasteiger charge is 2.14. The lowest BCUT2D eigenvalue weighted by molar-refractivity contribution is 0.0691. The zero-order valence-corrected chi connectivity index (χ0v) is 10.9. The van der Waals surface area contributed by atoms with Crippen LogP contribution in [0.3, 0.4) is 0 Å². The molecule has 2 N–H and O–H groups in total. The zero-order valence-electron chi connectivity index (χ0n) is 10.9. The molecule has 1 fully saturated rings. The summed E-state index contributed by atoms with van der Waals surface area (Å²) in [7, 11) is 1.66. The zero-order chi connectivity index (χ0) is 12.3. The summed E-state index contributed by atoms with van der Waals surface area (Å²) >= 11 is 0. The van der Waals surface area contributed by atoms with Gasteiger partial charge in [0.2, 0.25) is 0 Å². The molecule has 5 nitrogen and oxygen atoms in total. The number of nitrogens with one attached hydrogen (secondary N) is 1. The lowest BCUT2D eigenvalue weighted by Gasteiger charge is -2.19. The smallest absolute Gasteiger partial charge is 0.0791 e. The predicted molar refractivity (Wildman–Crippen MR) is 67.2 cm³/mol. The minimum Gasteiger partial charge on any atom is -0.390 e. The molecule has 0 aliphatic carbocycles. The van der Waals surface area contributed by atoms with E-state index in [-0.39, 0.29) is 6.10 Å². The number of methoxy groups -OCH3 is 1. The van der Waals surface area contributed by atoms with Crippen LogP contribution in [0.15, 0.2) is 0 Å². The first kappa shape index (κ1) is 14.9. The maximum atomic E-state index is 9.79. The van der Waals surface area contributed by atoms with Gasteiger partial charge in [-0.3, -0.25) is 0 Å². The number of hydrogen-bond donors (Lipinski definition) is 2. The Bertz CT molecular complexity index is 175. The molecule has 0 aromatic rings. The molecule has 0 amide bonds. The molecule has 0 saturated carbocycles. The van der Waals surface area contributed by atoms with Gasteiger partial charge in [0.25, 0.3) is 0 Å². The SMILES string of the molecule is COCCOCCNCC(O)CN1CCCC1. The Morgan fingerprint density at radius 3 is 2.71 bits per heavy atom. The minimum absolute atomic E-state index is 0.271. The predicted octanol–water partition coefficient (Wildman–Crippen LogP) is -0.304. The first-order valence-electron chi connectivity index (χ1n) is 6.50. The topological polar surface area (TPSA) is 54.0 Å². The van der Waals surface area contributed by atoms with Crippen LogP contribution in [-0.4, -0.2) is 75.8 Å². The molecule has 5 heteroatoms. The van der Waals surface area contributed by atoms with Gasteiger partial charge in [-0.15, -0.1) is 0 Å². The molecule has 17 heavy (non-hydrogen) atoms. The Balaban J connectivity index is 1.84. The molecule has 0 bridgehead atoms. The van der Waals surface area contributed by atoms with E-state index in [9.17, 15) is 5.11 Å². The van der Waals surface area contributed by atoms with E-state index >= 15 is 0 Å². The molecule has 102 valence electrons. The van der Waals surface area contributed by atoms with Crippen LogP contribution in [0, 0.1) is 0 Å². The molecule has 1 heterocycles. The summed E-state index contributed by atoms with van der Waals surface area (Å²) in [6.07, 6.45) is 2.27. The Morgan fingerprint density at radius 2 is 2.00 bits per heavy atom. The van der Waals surface area contributed by atoms with Crippen LogP contribution in [-0.2, 0) is 9.47 Å². The molecular formula is C12H26N2O3. The second kappa shape index (κ2) is 9.79. The van der Waals surface area contributed by atoms with Gasteiger partial charge < -0.3 is 24.8 Å². The van der Waals surface area contributed by atoms with E-state index < -0.39 is 0 Å². The van der Waals surface area contributed by atoms with Crippen molar-refractivity contribution in [3.8, 4) is 0 Å². The van der Waals surface area contributed by atoms with Crippen molar-refractivity contribution in [3.05, 3.63) is 0 Å². The van der Waals surface area contributed by atoms with Crippen LogP contribution in [0.25, 0.3) is 0 Å². The minimum atomic E-state index is -0.271. The van der Waals surface area contributed by atoms with Crippen LogP contribution in [0.4, 0.5) is 0 Å². The van der Waals surface area contributed by atoms with E-state index in [2.05, 4.69) is 10.2 Å². The fourth-order valence-corrected chi connectivity index (χ4v) is 1.99. The van der Waals surface area contributed by atoms with Crippen LogP contribution >= 0.6 is 0 Å². The van der Waals surface area contributed by atoms with Gasteiger partial charge in [-0.2, -0.15) is 0 Å². The standard InChI is InChI=1S/C12H26N2O3/c1-16-8-9-17-7-4-13-10-12(15)11-14-5-2-3-6-14/h12-13,15H,2-11H2,1H3. The van der Waals surface area contributed by atoms with Crippen LogP contribution in [0.2, 0.25) is 0 Å². The van der Waals surface area contributed by atoms with Crippen LogP contribution in [0.5, 0.6) is 0 Å². The number of β-amino-alcohol motifs (C(OH)–C–C–N with tert-alkyl or cyclic N) is 1. The highest BCUT2D eigenvalue weighted by atomic mass is 16.5. The molecule has 0 radical (unpaired) electrons. The van der Waals surface area contributed by atoms with Crippen molar-refractivity contribution in [3.63, 3.8) is 0 Å². The van der Waals surface area contributed by atoms with E-state index in [1.54, 1.807) is 7.11 Å². The largest absolute Gasteiger partial charge is 0.390 e. The number of aliphatic hydroxyl groups excluding tert-OH is 1. The van der Waals surface area contributed by atoms with Crippen LogP contribution in [0.1, 0.15) is 12.8 Å². The van der Waals surface area contributed by atoms with Gasteiger partial charge in [-0.25, -0.2) is 0 Å². The maximum absolute atomic E-state index is 9.79. The van der Waals surface area contributed by atoms with E-state index in [1.165, 1.54) is 12.8 Å². The molecular weight excluding hydrogens is 220 g/mol. The fraction of sp³-hybridized carbons (Fsp3) is 1.00. The molecule has 0 spiro atoms. The van der Waals surface area contributed by atoms with Gasteiger partial charge in [-0.05, 0) is 25.9 Å². The van der Waals surface area contributed by atoms with Gasteiger partial charge >= 0.3 is 0 Å². The summed E-state index contributed by atoms with van der Waals surface area (Å²) in [5.74, 6) is 0. The van der Waals surface area contributed by atoms with E-state index in [0.717, 1.165) is 26.2 Å². The van der Waals surface area contributed by atoms with Crippen molar-refractivity contribution < 1.29 is 14.6 Å². The van der Waals surface area contributed by atoms with Crippen molar-refractivity contribution in [1.29, 1.82) is 0 Å². The number of nitrogens with zero attached hydrogens (tertiary/aromatic N) is 1. The first-order valence-corrected chi connectivity index (χ1v) is 6.50. The monoisotopic (exact) mass is 246 g/mol. The summed E-state index contributed by atoms with van der Waals surface area (Å²) in [6, 6.07) is 0. The van der Waals surface area contributed by atoms with Crippen molar-refractivity contribution in [2.75, 3.05) is 59.7 Å². The van der Waals surface area contributed by atoms with Gasteiger partial charge in [0, 0.05) is 26.7 Å². The number of ether oxygens (including phenoxy) is 2. The fourth-order valence-electron chi connectivity index (χ4n) is 1.99. The average Bonchev–Trinajstić information content (AvgIpc) is 2.80. The summed E-state index contributed by atoms with van der Waals surface area (Å²) < 4.78 is 10.2. The molecule has 1 aliphatic rings. The molecule has 0 aromatic heterocycles. The lowest BCUT2D eigenvalue weighted by atomic mass is 10.3. The highest BCUT2D eigenvalue weighted by molar-refractivity contribution is 4.71. The third kappa shape index (κ3) is 7.68. The second-order valence-electron chi connectivity index (χ2n) is 4.47. The molecule has 1 aliphatic heterocycles. The first-order chi connectivity index (χ1) is 8.33. The van der Waals surface area contributed by atoms with Crippen molar-refractivity contribution in [1.82, 2.24) is 10.2 Å². The van der Waals surface area contributed by atoms with Crippen molar-refractivity contribution >= 4 is 0 Å². The highest BCUT2D eigenvalue weighted by Crippen LogP contribution is 2.07. The second-order valence-corrected chi connectivity index (χ2v) is 4.47. The molecule has 1 saturated heterocycles. The van der Waals surface area contributed by atoms with Crippen molar-refractivity contribution in [2.24, 2.45) is 0 Å². The molecule has 0 aromatic carbocycles. The molecule has 1 atom stereocenters. The third-order valence-electron chi connectivity index (χ3n) is 2.90. The summed E-state index contributed by atoms with van der Waals surface area (Å²) in [6.45, 7) is 6.42. The van der Waals surface area contributed by atoms with Gasteiger partial charge in [0.1, 0.15) is 0 Å². The number of aliphatic hydroxyl groups is 1. The Kier molecular flexibility index (Phi) is 8.56. The maximum Gasteiger partial charge on any atom is 0.0791 e. The lowest BCUT2D eigenvalue weighted by Crippen LogP contribution is -2.38. The van der Waals surface area contributed by atoms with E-state index in [4.69, 9.17) is 9.47 Å². The number of likely N-dealkylation sites (tertiary alicyclic amines) is 1. The Morgan fingerprint density at radius 1 is 1.24 bits per heavy atom. The number of rotatable bonds is 10. The van der Waals surface area contributed by atoms with Gasteiger partial charge in [-0.1, -0.05) is 0 Å². The van der Waals surface area contributed by atoms with E-state index in [1.807, 2.05) is 0 Å². The summed E-state index contributed by atoms with van der Waals surface area (Å²) in [5.41, 5.74) is 0. The van der Waals surface area contributed by atoms with E-state index in [0.29, 0.717) is 26.4 Å². The van der Waals surface area contributed by atoms with Gasteiger partial charge in [0.15, 0.2) is 0 Å². The molecule has 1 rings (SSSR count). The quantitative estimate of drug-likeness (QED) is 0.518.